The third kappa shape index (κ3) is 4.75. The fourth-order valence-electron chi connectivity index (χ4n) is 4.49. The highest BCUT2D eigenvalue weighted by Crippen LogP contribution is 2.45. The Morgan fingerprint density at radius 2 is 1.57 bits per heavy atom. The number of phenolic OH excluding ortho intramolecular Hbond substituents is 2. The SMILES string of the molecule is O=C(CS(=O)C1C(=O)N(c2ccccc2)C1c1ccc(-c2cccc(O)c2)cc1O)c1ccc(F)cc1. The fraction of sp³-hybridized carbons (Fsp3) is 0.103. The quantitative estimate of drug-likeness (QED) is 0.267. The number of halogens is 1. The number of aromatic hydroxyl groups is 2. The number of phenols is 2. The molecule has 1 aliphatic heterocycles. The van der Waals surface area contributed by atoms with Crippen LogP contribution in [0, 0.1) is 5.82 Å². The lowest BCUT2D eigenvalue weighted by Crippen LogP contribution is -2.61. The van der Waals surface area contributed by atoms with Crippen molar-refractivity contribution in [2.75, 3.05) is 10.7 Å². The number of anilines is 1. The summed E-state index contributed by atoms with van der Waals surface area (Å²) in [7, 11) is -1.90. The molecule has 5 rings (SSSR count). The third-order valence-corrected chi connectivity index (χ3v) is 7.90. The molecule has 1 fully saturated rings. The van der Waals surface area contributed by atoms with Crippen LogP contribution in [0.3, 0.4) is 0 Å². The first-order valence-electron chi connectivity index (χ1n) is 11.5. The first kappa shape index (κ1) is 24.4. The minimum absolute atomic E-state index is 0.0854. The monoisotopic (exact) mass is 515 g/mol. The summed E-state index contributed by atoms with van der Waals surface area (Å²) in [6.07, 6.45) is 0. The molecule has 8 heteroatoms. The maximum absolute atomic E-state index is 13.3. The Morgan fingerprint density at radius 3 is 2.24 bits per heavy atom. The van der Waals surface area contributed by atoms with E-state index in [1.807, 2.05) is 0 Å². The van der Waals surface area contributed by atoms with Crippen LogP contribution in [-0.4, -0.2) is 37.1 Å². The largest absolute Gasteiger partial charge is 0.508 e. The predicted octanol–water partition coefficient (Wildman–Crippen LogP) is 4.99. The van der Waals surface area contributed by atoms with Gasteiger partial charge in [-0.3, -0.25) is 13.8 Å². The maximum atomic E-state index is 13.3. The molecule has 1 amide bonds. The van der Waals surface area contributed by atoms with Gasteiger partial charge in [-0.25, -0.2) is 4.39 Å². The first-order valence-corrected chi connectivity index (χ1v) is 12.9. The lowest BCUT2D eigenvalue weighted by Gasteiger charge is -2.46. The highest BCUT2D eigenvalue weighted by molar-refractivity contribution is 7.87. The van der Waals surface area contributed by atoms with Crippen LogP contribution < -0.4 is 4.90 Å². The van der Waals surface area contributed by atoms with Gasteiger partial charge in [0, 0.05) is 27.6 Å². The number of para-hydroxylation sites is 1. The van der Waals surface area contributed by atoms with Crippen molar-refractivity contribution in [1.29, 1.82) is 0 Å². The standard InChI is InChI=1S/C29H22FNO5S/c30-21-12-9-18(10-13-21)26(34)17-37(36)28-27(31(29(28)35)22-6-2-1-3-7-22)24-14-11-20(16-25(24)33)19-5-4-8-23(32)15-19/h1-16,27-28,32-33H,17H2. The Morgan fingerprint density at radius 1 is 0.865 bits per heavy atom. The van der Waals surface area contributed by atoms with Gasteiger partial charge in [0.05, 0.1) is 11.8 Å². The predicted molar refractivity (Wildman–Crippen MR) is 139 cm³/mol. The second kappa shape index (κ2) is 9.99. The van der Waals surface area contributed by atoms with E-state index in [0.29, 0.717) is 22.4 Å². The summed E-state index contributed by atoms with van der Waals surface area (Å²) in [5.74, 6) is -1.81. The number of carbonyl (C=O) groups is 2. The molecule has 0 saturated carbocycles. The number of ketones is 1. The number of hydrogen-bond donors (Lipinski definition) is 2. The van der Waals surface area contributed by atoms with E-state index in [1.165, 1.54) is 23.1 Å². The molecule has 1 saturated heterocycles. The molecule has 6 nitrogen and oxygen atoms in total. The molecule has 0 aliphatic carbocycles. The lowest BCUT2D eigenvalue weighted by atomic mass is 9.90. The Kier molecular flexibility index (Phi) is 6.58. The van der Waals surface area contributed by atoms with Crippen molar-refractivity contribution in [2.45, 2.75) is 11.3 Å². The van der Waals surface area contributed by atoms with Gasteiger partial charge in [-0.15, -0.1) is 0 Å². The van der Waals surface area contributed by atoms with Crippen LogP contribution in [0.5, 0.6) is 11.5 Å². The summed E-state index contributed by atoms with van der Waals surface area (Å²) >= 11 is 0. The van der Waals surface area contributed by atoms with Crippen LogP contribution in [0.1, 0.15) is 22.0 Å². The van der Waals surface area contributed by atoms with Crippen LogP contribution in [-0.2, 0) is 15.6 Å². The molecule has 0 bridgehead atoms. The topological polar surface area (TPSA) is 94.9 Å². The van der Waals surface area contributed by atoms with Crippen molar-refractivity contribution < 1.29 is 28.4 Å². The molecule has 1 aliphatic rings. The van der Waals surface area contributed by atoms with Crippen LogP contribution in [0.2, 0.25) is 0 Å². The van der Waals surface area contributed by atoms with E-state index >= 15 is 0 Å². The van der Waals surface area contributed by atoms with Crippen LogP contribution in [0.25, 0.3) is 11.1 Å². The summed E-state index contributed by atoms with van der Waals surface area (Å²) in [5.41, 5.74) is 2.51. The average Bonchev–Trinajstić information content (AvgIpc) is 2.88. The van der Waals surface area contributed by atoms with Crippen molar-refractivity contribution in [3.63, 3.8) is 0 Å². The number of amides is 1. The van der Waals surface area contributed by atoms with Gasteiger partial charge in [0.2, 0.25) is 5.91 Å². The van der Waals surface area contributed by atoms with Gasteiger partial charge in [0.1, 0.15) is 22.6 Å². The Bertz CT molecular complexity index is 1510. The van der Waals surface area contributed by atoms with Gasteiger partial charge in [-0.1, -0.05) is 42.5 Å². The molecule has 0 spiro atoms. The minimum atomic E-state index is -1.90. The smallest absolute Gasteiger partial charge is 0.245 e. The number of Topliss-reactive ketones (excluding diaryl/α,β-unsaturated/α-hetero) is 1. The van der Waals surface area contributed by atoms with Crippen LogP contribution >= 0.6 is 0 Å². The van der Waals surface area contributed by atoms with E-state index in [9.17, 15) is 28.4 Å². The van der Waals surface area contributed by atoms with Crippen LogP contribution in [0.15, 0.2) is 97.1 Å². The van der Waals surface area contributed by atoms with Gasteiger partial charge in [0.25, 0.3) is 0 Å². The van der Waals surface area contributed by atoms with E-state index in [4.69, 9.17) is 0 Å². The van der Waals surface area contributed by atoms with Crippen molar-refractivity contribution in [3.05, 3.63) is 114 Å². The van der Waals surface area contributed by atoms with Gasteiger partial charge in [-0.05, 0) is 65.7 Å². The summed E-state index contributed by atoms with van der Waals surface area (Å²) in [6, 6.07) is 24.5. The first-order chi connectivity index (χ1) is 17.8. The second-order valence-electron chi connectivity index (χ2n) is 8.69. The van der Waals surface area contributed by atoms with E-state index in [0.717, 1.165) is 12.1 Å². The molecule has 3 atom stereocenters. The average molecular weight is 516 g/mol. The Labute approximate surface area is 215 Å². The summed E-state index contributed by atoms with van der Waals surface area (Å²) in [4.78, 5) is 27.4. The van der Waals surface area contributed by atoms with Crippen molar-refractivity contribution in [3.8, 4) is 22.6 Å². The molecule has 0 aromatic heterocycles. The molecule has 0 radical (unpaired) electrons. The van der Waals surface area contributed by atoms with Gasteiger partial charge < -0.3 is 15.1 Å². The molecule has 2 N–H and O–H groups in total. The lowest BCUT2D eigenvalue weighted by molar-refractivity contribution is -0.123. The molecule has 4 aromatic rings. The number of nitrogens with zero attached hydrogens (tertiary/aromatic N) is 1. The highest BCUT2D eigenvalue weighted by atomic mass is 32.2. The minimum Gasteiger partial charge on any atom is -0.508 e. The van der Waals surface area contributed by atoms with E-state index in [1.54, 1.807) is 66.7 Å². The normalized spacial score (nSPS) is 17.8. The zero-order chi connectivity index (χ0) is 26.1. The molecule has 37 heavy (non-hydrogen) atoms. The van der Waals surface area contributed by atoms with Crippen molar-refractivity contribution >= 4 is 28.2 Å². The molecule has 1 heterocycles. The maximum Gasteiger partial charge on any atom is 0.245 e. The molecular weight excluding hydrogens is 493 g/mol. The van der Waals surface area contributed by atoms with Gasteiger partial charge in [-0.2, -0.15) is 0 Å². The van der Waals surface area contributed by atoms with E-state index in [-0.39, 0.29) is 17.1 Å². The molecular formula is C29H22FNO5S. The zero-order valence-corrected chi connectivity index (χ0v) is 20.3. The third-order valence-electron chi connectivity index (χ3n) is 6.33. The number of rotatable bonds is 7. The fourth-order valence-corrected chi connectivity index (χ4v) is 5.99. The van der Waals surface area contributed by atoms with Crippen molar-refractivity contribution in [1.82, 2.24) is 0 Å². The Balaban J connectivity index is 1.48. The van der Waals surface area contributed by atoms with Gasteiger partial charge in [0.15, 0.2) is 5.78 Å². The van der Waals surface area contributed by atoms with Crippen LogP contribution in [0.4, 0.5) is 10.1 Å². The molecule has 3 unspecified atom stereocenters. The molecule has 4 aromatic carbocycles. The number of carbonyl (C=O) groups excluding carboxylic acids is 2. The summed E-state index contributed by atoms with van der Waals surface area (Å²) in [5, 5.41) is 19.7. The van der Waals surface area contributed by atoms with E-state index < -0.39 is 45.4 Å². The molecule has 186 valence electrons. The van der Waals surface area contributed by atoms with E-state index in [2.05, 4.69) is 0 Å². The summed E-state index contributed by atoms with van der Waals surface area (Å²) in [6.45, 7) is 0. The number of β-lactam (4-membered cyclic amide) rings is 1. The van der Waals surface area contributed by atoms with Gasteiger partial charge >= 0.3 is 0 Å². The second-order valence-corrected chi connectivity index (χ2v) is 10.2. The summed E-state index contributed by atoms with van der Waals surface area (Å²) < 4.78 is 26.6. The highest BCUT2D eigenvalue weighted by Gasteiger charge is 2.53. The number of hydrogen-bond acceptors (Lipinski definition) is 5. The van der Waals surface area contributed by atoms with Crippen molar-refractivity contribution in [2.24, 2.45) is 0 Å². The number of benzene rings is 4. The zero-order valence-electron chi connectivity index (χ0n) is 19.5. The Hall–Kier alpha value is -4.30.